The van der Waals surface area contributed by atoms with Crippen LogP contribution in [0.2, 0.25) is 0 Å². The summed E-state index contributed by atoms with van der Waals surface area (Å²) >= 11 is 0. The van der Waals surface area contributed by atoms with E-state index in [1.807, 2.05) is 54.6 Å². The lowest BCUT2D eigenvalue weighted by atomic mass is 10.0. The first-order chi connectivity index (χ1) is 14.9. The van der Waals surface area contributed by atoms with Gasteiger partial charge in [-0.05, 0) is 48.2 Å². The molecule has 1 unspecified atom stereocenters. The van der Waals surface area contributed by atoms with Crippen LogP contribution in [-0.4, -0.2) is 17.9 Å². The number of anilines is 1. The first-order valence-electron chi connectivity index (χ1n) is 10.4. The van der Waals surface area contributed by atoms with Crippen molar-refractivity contribution in [1.82, 2.24) is 5.32 Å². The Hall–Kier alpha value is -3.60. The molecule has 160 valence electrons. The molecule has 0 spiro atoms. The van der Waals surface area contributed by atoms with Crippen LogP contribution in [0.1, 0.15) is 48.2 Å². The van der Waals surface area contributed by atoms with E-state index in [4.69, 9.17) is 4.74 Å². The molecule has 3 aromatic carbocycles. The number of carbonyl (C=O) groups is 2. The van der Waals surface area contributed by atoms with Crippen LogP contribution in [0.4, 0.5) is 5.69 Å². The van der Waals surface area contributed by atoms with Gasteiger partial charge in [0.15, 0.2) is 6.10 Å². The predicted octanol–water partition coefficient (Wildman–Crippen LogP) is 5.15. The van der Waals surface area contributed by atoms with Gasteiger partial charge < -0.3 is 15.4 Å². The van der Waals surface area contributed by atoms with E-state index >= 15 is 0 Å². The number of nitrogens with one attached hydrogen (secondary N) is 2. The second-order valence-electron chi connectivity index (χ2n) is 7.69. The number of amides is 2. The summed E-state index contributed by atoms with van der Waals surface area (Å²) in [5.74, 6) is 0.481. The summed E-state index contributed by atoms with van der Waals surface area (Å²) in [6.07, 6.45) is -0.717. The zero-order valence-electron chi connectivity index (χ0n) is 18.1. The Morgan fingerprint density at radius 2 is 1.48 bits per heavy atom. The maximum atomic E-state index is 12.7. The average Bonchev–Trinajstić information content (AvgIpc) is 2.79. The molecule has 0 aliphatic carbocycles. The molecular formula is C26H28N2O3. The first kappa shape index (κ1) is 22.1. The summed E-state index contributed by atoms with van der Waals surface area (Å²) in [5, 5.41) is 5.71. The van der Waals surface area contributed by atoms with Gasteiger partial charge in [-0.15, -0.1) is 0 Å². The van der Waals surface area contributed by atoms with Gasteiger partial charge in [0.2, 0.25) is 0 Å². The van der Waals surface area contributed by atoms with Crippen molar-refractivity contribution in [2.45, 2.75) is 39.3 Å². The molecule has 0 fully saturated rings. The van der Waals surface area contributed by atoms with E-state index in [0.29, 0.717) is 29.5 Å². The van der Waals surface area contributed by atoms with Gasteiger partial charge in [-0.3, -0.25) is 9.59 Å². The third-order valence-corrected chi connectivity index (χ3v) is 4.95. The summed E-state index contributed by atoms with van der Waals surface area (Å²) in [6.45, 7) is 6.34. The number of rotatable bonds is 8. The molecule has 3 aromatic rings. The van der Waals surface area contributed by atoms with Gasteiger partial charge in [0, 0.05) is 6.54 Å². The molecule has 5 nitrogen and oxygen atoms in total. The summed E-state index contributed by atoms with van der Waals surface area (Å²) in [6, 6.07) is 24.3. The minimum atomic E-state index is -0.717. The van der Waals surface area contributed by atoms with Crippen LogP contribution in [0.15, 0.2) is 78.9 Å². The fourth-order valence-electron chi connectivity index (χ4n) is 3.09. The lowest BCUT2D eigenvalue weighted by Gasteiger charge is -2.17. The lowest BCUT2D eigenvalue weighted by Crippen LogP contribution is -2.31. The van der Waals surface area contributed by atoms with Crippen LogP contribution >= 0.6 is 0 Å². The fourth-order valence-corrected chi connectivity index (χ4v) is 3.09. The van der Waals surface area contributed by atoms with Crippen LogP contribution in [-0.2, 0) is 11.3 Å². The third-order valence-electron chi connectivity index (χ3n) is 4.95. The number of hydrogen-bond donors (Lipinski definition) is 2. The van der Waals surface area contributed by atoms with E-state index < -0.39 is 6.10 Å². The van der Waals surface area contributed by atoms with Gasteiger partial charge in [-0.2, -0.15) is 0 Å². The third kappa shape index (κ3) is 6.19. The highest BCUT2D eigenvalue weighted by molar-refractivity contribution is 6.04. The van der Waals surface area contributed by atoms with Crippen molar-refractivity contribution in [1.29, 1.82) is 0 Å². The standard InChI is InChI=1S/C26H28N2O3/c1-18(2)21-13-15-22(16-14-21)31-19(3)25(29)28-24-12-8-7-11-23(24)26(30)27-17-20-9-5-4-6-10-20/h4-16,18-19H,17H2,1-3H3,(H,27,30)(H,28,29). The van der Waals surface area contributed by atoms with Crippen molar-refractivity contribution < 1.29 is 14.3 Å². The minimum absolute atomic E-state index is 0.252. The fraction of sp³-hybridized carbons (Fsp3) is 0.231. The normalized spacial score (nSPS) is 11.6. The molecule has 31 heavy (non-hydrogen) atoms. The van der Waals surface area contributed by atoms with Crippen LogP contribution < -0.4 is 15.4 Å². The Kier molecular flexibility index (Phi) is 7.44. The number of ether oxygens (including phenoxy) is 1. The second kappa shape index (κ2) is 10.4. The predicted molar refractivity (Wildman–Crippen MR) is 123 cm³/mol. The van der Waals surface area contributed by atoms with Crippen LogP contribution in [0, 0.1) is 0 Å². The van der Waals surface area contributed by atoms with Crippen LogP contribution in [0.5, 0.6) is 5.75 Å². The highest BCUT2D eigenvalue weighted by Gasteiger charge is 2.18. The quantitative estimate of drug-likeness (QED) is 0.534. The van der Waals surface area contributed by atoms with Crippen molar-refractivity contribution in [3.8, 4) is 5.75 Å². The van der Waals surface area contributed by atoms with Gasteiger partial charge in [0.25, 0.3) is 11.8 Å². The van der Waals surface area contributed by atoms with Crippen molar-refractivity contribution in [3.63, 3.8) is 0 Å². The highest BCUT2D eigenvalue weighted by atomic mass is 16.5. The topological polar surface area (TPSA) is 67.4 Å². The molecule has 0 saturated heterocycles. The molecule has 2 amide bonds. The molecule has 0 aromatic heterocycles. The number of carbonyl (C=O) groups excluding carboxylic acids is 2. The monoisotopic (exact) mass is 416 g/mol. The largest absolute Gasteiger partial charge is 0.481 e. The number of para-hydroxylation sites is 1. The van der Waals surface area contributed by atoms with E-state index in [0.717, 1.165) is 5.56 Å². The van der Waals surface area contributed by atoms with Gasteiger partial charge in [0.05, 0.1) is 11.3 Å². The summed E-state index contributed by atoms with van der Waals surface area (Å²) in [4.78, 5) is 25.4. The van der Waals surface area contributed by atoms with E-state index in [-0.39, 0.29) is 11.8 Å². The molecular weight excluding hydrogens is 388 g/mol. The Bertz CT molecular complexity index is 1010. The van der Waals surface area contributed by atoms with Gasteiger partial charge in [-0.25, -0.2) is 0 Å². The van der Waals surface area contributed by atoms with Gasteiger partial charge >= 0.3 is 0 Å². The number of hydrogen-bond acceptors (Lipinski definition) is 3. The summed E-state index contributed by atoms with van der Waals surface area (Å²) in [7, 11) is 0. The molecule has 3 rings (SSSR count). The molecule has 0 radical (unpaired) electrons. The molecule has 0 aliphatic rings. The van der Waals surface area contributed by atoms with Crippen molar-refractivity contribution in [2.75, 3.05) is 5.32 Å². The van der Waals surface area contributed by atoms with Crippen molar-refractivity contribution in [3.05, 3.63) is 95.6 Å². The summed E-state index contributed by atoms with van der Waals surface area (Å²) in [5.41, 5.74) is 3.06. The second-order valence-corrected chi connectivity index (χ2v) is 7.69. The zero-order valence-corrected chi connectivity index (χ0v) is 18.1. The van der Waals surface area contributed by atoms with Crippen molar-refractivity contribution >= 4 is 17.5 Å². The van der Waals surface area contributed by atoms with Crippen molar-refractivity contribution in [2.24, 2.45) is 0 Å². The maximum absolute atomic E-state index is 12.7. The SMILES string of the molecule is CC(Oc1ccc(C(C)C)cc1)C(=O)Nc1ccccc1C(=O)NCc1ccccc1. The van der Waals surface area contributed by atoms with E-state index in [2.05, 4.69) is 24.5 Å². The Balaban J connectivity index is 1.62. The lowest BCUT2D eigenvalue weighted by molar-refractivity contribution is -0.122. The average molecular weight is 417 g/mol. The molecule has 0 saturated carbocycles. The van der Waals surface area contributed by atoms with Gasteiger partial charge in [0.1, 0.15) is 5.75 Å². The minimum Gasteiger partial charge on any atom is -0.481 e. The Labute approximate surface area is 183 Å². The Morgan fingerprint density at radius 1 is 0.839 bits per heavy atom. The molecule has 1 atom stereocenters. The highest BCUT2D eigenvalue weighted by Crippen LogP contribution is 2.20. The van der Waals surface area contributed by atoms with E-state index in [1.165, 1.54) is 5.56 Å². The number of benzene rings is 3. The Morgan fingerprint density at radius 3 is 2.16 bits per heavy atom. The molecule has 0 bridgehead atoms. The molecule has 0 heterocycles. The molecule has 2 N–H and O–H groups in total. The van der Waals surface area contributed by atoms with E-state index in [1.54, 1.807) is 31.2 Å². The molecule has 5 heteroatoms. The van der Waals surface area contributed by atoms with E-state index in [9.17, 15) is 9.59 Å². The van der Waals surface area contributed by atoms with Gasteiger partial charge in [-0.1, -0.05) is 68.4 Å². The van der Waals surface area contributed by atoms with Crippen LogP contribution in [0.25, 0.3) is 0 Å². The van der Waals surface area contributed by atoms with Crippen LogP contribution in [0.3, 0.4) is 0 Å². The summed E-state index contributed by atoms with van der Waals surface area (Å²) < 4.78 is 5.78. The smallest absolute Gasteiger partial charge is 0.265 e. The molecule has 0 aliphatic heterocycles. The maximum Gasteiger partial charge on any atom is 0.265 e. The zero-order chi connectivity index (χ0) is 22.2. The first-order valence-corrected chi connectivity index (χ1v) is 10.4.